The molecule has 0 radical (unpaired) electrons. The van der Waals surface area contributed by atoms with Crippen LogP contribution in [0.25, 0.3) is 11.3 Å². The highest BCUT2D eigenvalue weighted by Crippen LogP contribution is 2.17. The van der Waals surface area contributed by atoms with E-state index in [-0.39, 0.29) is 5.91 Å². The molecular formula is C14H15N3O2. The molecule has 1 saturated heterocycles. The summed E-state index contributed by atoms with van der Waals surface area (Å²) in [5.74, 6) is -0.0158. The van der Waals surface area contributed by atoms with Crippen molar-refractivity contribution in [3.63, 3.8) is 0 Å². The maximum atomic E-state index is 12.2. The molecule has 1 fully saturated rings. The summed E-state index contributed by atoms with van der Waals surface area (Å²) in [6.07, 6.45) is 0. The highest BCUT2D eigenvalue weighted by Gasteiger charge is 2.20. The molecule has 0 spiro atoms. The quantitative estimate of drug-likeness (QED) is 0.888. The van der Waals surface area contributed by atoms with Crippen LogP contribution in [0.5, 0.6) is 0 Å². The number of nitrogens with one attached hydrogen (secondary N) is 1. The van der Waals surface area contributed by atoms with Gasteiger partial charge in [-0.1, -0.05) is 30.3 Å². The lowest BCUT2D eigenvalue weighted by molar-refractivity contribution is 0.0299. The van der Waals surface area contributed by atoms with Gasteiger partial charge in [0.25, 0.3) is 5.91 Å². The third-order valence-electron chi connectivity index (χ3n) is 3.18. The molecule has 1 aliphatic rings. The van der Waals surface area contributed by atoms with E-state index in [2.05, 4.69) is 10.2 Å². The van der Waals surface area contributed by atoms with Crippen molar-refractivity contribution in [2.75, 3.05) is 26.3 Å². The summed E-state index contributed by atoms with van der Waals surface area (Å²) in [6.45, 7) is 2.48. The SMILES string of the molecule is O=C(c1cc(-c2ccccc2)n[nH]1)N1CCOCC1. The van der Waals surface area contributed by atoms with Crippen LogP contribution in [0.15, 0.2) is 36.4 Å². The molecule has 0 bridgehead atoms. The van der Waals surface area contributed by atoms with E-state index in [4.69, 9.17) is 4.74 Å². The molecule has 1 N–H and O–H groups in total. The topological polar surface area (TPSA) is 58.2 Å². The number of ether oxygens (including phenoxy) is 1. The Kier molecular flexibility index (Phi) is 3.29. The predicted molar refractivity (Wildman–Crippen MR) is 70.7 cm³/mol. The van der Waals surface area contributed by atoms with E-state index in [0.717, 1.165) is 11.3 Å². The Hall–Kier alpha value is -2.14. The summed E-state index contributed by atoms with van der Waals surface area (Å²) in [6, 6.07) is 11.6. The minimum Gasteiger partial charge on any atom is -0.378 e. The van der Waals surface area contributed by atoms with E-state index in [1.165, 1.54) is 0 Å². The maximum Gasteiger partial charge on any atom is 0.272 e. The van der Waals surface area contributed by atoms with Crippen LogP contribution in [0, 0.1) is 0 Å². The van der Waals surface area contributed by atoms with Crippen molar-refractivity contribution < 1.29 is 9.53 Å². The van der Waals surface area contributed by atoms with Crippen molar-refractivity contribution in [3.8, 4) is 11.3 Å². The van der Waals surface area contributed by atoms with Gasteiger partial charge in [-0.05, 0) is 6.07 Å². The van der Waals surface area contributed by atoms with Gasteiger partial charge in [0.1, 0.15) is 5.69 Å². The molecule has 3 rings (SSSR count). The van der Waals surface area contributed by atoms with Crippen LogP contribution < -0.4 is 0 Å². The monoisotopic (exact) mass is 257 g/mol. The number of carbonyl (C=O) groups excluding carboxylic acids is 1. The number of amides is 1. The number of rotatable bonds is 2. The molecule has 1 aromatic carbocycles. The zero-order valence-corrected chi connectivity index (χ0v) is 10.5. The number of hydrogen-bond acceptors (Lipinski definition) is 3. The zero-order valence-electron chi connectivity index (χ0n) is 10.5. The van der Waals surface area contributed by atoms with E-state index >= 15 is 0 Å². The molecule has 2 aromatic rings. The third kappa shape index (κ3) is 2.51. The Labute approximate surface area is 111 Å². The van der Waals surface area contributed by atoms with Crippen LogP contribution in [0.4, 0.5) is 0 Å². The first kappa shape index (κ1) is 11.9. The van der Waals surface area contributed by atoms with Crippen molar-refractivity contribution in [2.45, 2.75) is 0 Å². The number of aromatic amines is 1. The fourth-order valence-corrected chi connectivity index (χ4v) is 2.12. The van der Waals surface area contributed by atoms with Crippen molar-refractivity contribution in [2.24, 2.45) is 0 Å². The Bertz CT molecular complexity index is 559. The summed E-state index contributed by atoms with van der Waals surface area (Å²) in [4.78, 5) is 14.0. The lowest BCUT2D eigenvalue weighted by Gasteiger charge is -2.26. The molecule has 19 heavy (non-hydrogen) atoms. The van der Waals surface area contributed by atoms with Crippen LogP contribution in [0.1, 0.15) is 10.5 Å². The van der Waals surface area contributed by atoms with E-state index in [9.17, 15) is 4.79 Å². The van der Waals surface area contributed by atoms with Gasteiger partial charge in [0, 0.05) is 18.7 Å². The summed E-state index contributed by atoms with van der Waals surface area (Å²) in [7, 11) is 0. The number of morpholine rings is 1. The molecular weight excluding hydrogens is 242 g/mol. The summed E-state index contributed by atoms with van der Waals surface area (Å²) >= 11 is 0. The highest BCUT2D eigenvalue weighted by atomic mass is 16.5. The van der Waals surface area contributed by atoms with Crippen molar-refractivity contribution in [3.05, 3.63) is 42.1 Å². The average molecular weight is 257 g/mol. The number of H-pyrrole nitrogens is 1. The van der Waals surface area contributed by atoms with Crippen LogP contribution in [-0.4, -0.2) is 47.3 Å². The van der Waals surface area contributed by atoms with Crippen molar-refractivity contribution >= 4 is 5.91 Å². The fourth-order valence-electron chi connectivity index (χ4n) is 2.12. The normalized spacial score (nSPS) is 15.5. The van der Waals surface area contributed by atoms with Gasteiger partial charge >= 0.3 is 0 Å². The first-order chi connectivity index (χ1) is 9.34. The molecule has 98 valence electrons. The predicted octanol–water partition coefficient (Wildman–Crippen LogP) is 1.55. The molecule has 0 atom stereocenters. The Morgan fingerprint density at radius 2 is 1.95 bits per heavy atom. The second-order valence-electron chi connectivity index (χ2n) is 4.44. The second kappa shape index (κ2) is 5.24. The fraction of sp³-hybridized carbons (Fsp3) is 0.286. The minimum atomic E-state index is -0.0158. The van der Waals surface area contributed by atoms with Gasteiger partial charge in [-0.3, -0.25) is 9.89 Å². The molecule has 1 amide bonds. The Morgan fingerprint density at radius 1 is 1.21 bits per heavy atom. The Balaban J connectivity index is 1.79. The third-order valence-corrected chi connectivity index (χ3v) is 3.18. The summed E-state index contributed by atoms with van der Waals surface area (Å²) < 4.78 is 5.24. The number of hydrogen-bond donors (Lipinski definition) is 1. The average Bonchev–Trinajstić information content (AvgIpc) is 2.98. The van der Waals surface area contributed by atoms with E-state index in [1.807, 2.05) is 30.3 Å². The van der Waals surface area contributed by atoms with Crippen LogP contribution >= 0.6 is 0 Å². The standard InChI is InChI=1S/C14H15N3O2/c18-14(17-6-8-19-9-7-17)13-10-12(15-16-13)11-4-2-1-3-5-11/h1-5,10H,6-9H2,(H,15,16). The zero-order chi connectivity index (χ0) is 13.1. The van der Waals surface area contributed by atoms with E-state index in [1.54, 1.807) is 11.0 Å². The van der Waals surface area contributed by atoms with Gasteiger partial charge in [0.05, 0.1) is 18.9 Å². The van der Waals surface area contributed by atoms with Crippen molar-refractivity contribution in [1.29, 1.82) is 0 Å². The van der Waals surface area contributed by atoms with Gasteiger partial charge in [-0.25, -0.2) is 0 Å². The molecule has 0 aliphatic carbocycles. The van der Waals surface area contributed by atoms with Gasteiger partial charge in [0.15, 0.2) is 0 Å². The summed E-state index contributed by atoms with van der Waals surface area (Å²) in [5, 5.41) is 7.02. The molecule has 5 nitrogen and oxygen atoms in total. The first-order valence-corrected chi connectivity index (χ1v) is 6.32. The number of carbonyl (C=O) groups is 1. The number of benzene rings is 1. The molecule has 1 aliphatic heterocycles. The van der Waals surface area contributed by atoms with Gasteiger partial charge in [0.2, 0.25) is 0 Å². The highest BCUT2D eigenvalue weighted by molar-refractivity contribution is 5.93. The molecule has 5 heteroatoms. The van der Waals surface area contributed by atoms with Gasteiger partial charge in [-0.15, -0.1) is 0 Å². The number of nitrogens with zero attached hydrogens (tertiary/aromatic N) is 2. The second-order valence-corrected chi connectivity index (χ2v) is 4.44. The van der Waals surface area contributed by atoms with Crippen molar-refractivity contribution in [1.82, 2.24) is 15.1 Å². The van der Waals surface area contributed by atoms with Crippen LogP contribution in [0.3, 0.4) is 0 Å². The van der Waals surface area contributed by atoms with Gasteiger partial charge in [-0.2, -0.15) is 5.10 Å². The lowest BCUT2D eigenvalue weighted by Crippen LogP contribution is -2.40. The first-order valence-electron chi connectivity index (χ1n) is 6.32. The molecule has 1 aromatic heterocycles. The van der Waals surface area contributed by atoms with E-state index in [0.29, 0.717) is 32.0 Å². The molecule has 0 saturated carbocycles. The maximum absolute atomic E-state index is 12.2. The largest absolute Gasteiger partial charge is 0.378 e. The smallest absolute Gasteiger partial charge is 0.272 e. The minimum absolute atomic E-state index is 0.0158. The van der Waals surface area contributed by atoms with Crippen LogP contribution in [-0.2, 0) is 4.74 Å². The van der Waals surface area contributed by atoms with Crippen LogP contribution in [0.2, 0.25) is 0 Å². The molecule has 2 heterocycles. The lowest BCUT2D eigenvalue weighted by atomic mass is 10.1. The Morgan fingerprint density at radius 3 is 2.68 bits per heavy atom. The number of aromatic nitrogens is 2. The van der Waals surface area contributed by atoms with E-state index < -0.39 is 0 Å². The summed E-state index contributed by atoms with van der Waals surface area (Å²) in [5.41, 5.74) is 2.32. The molecule has 0 unspecified atom stereocenters. The van der Waals surface area contributed by atoms with Gasteiger partial charge < -0.3 is 9.64 Å².